The zero-order valence-electron chi connectivity index (χ0n) is 13.1. The van der Waals surface area contributed by atoms with Crippen molar-refractivity contribution >= 4 is 6.29 Å². The minimum Gasteiger partial charge on any atom is -0.493 e. The van der Waals surface area contributed by atoms with E-state index in [9.17, 15) is 4.79 Å². The first-order valence-electron chi connectivity index (χ1n) is 7.61. The Kier molecular flexibility index (Phi) is 4.88. The van der Waals surface area contributed by atoms with Crippen molar-refractivity contribution in [3.8, 4) is 11.5 Å². The summed E-state index contributed by atoms with van der Waals surface area (Å²) in [5.74, 6) is 1.36. The van der Waals surface area contributed by atoms with Gasteiger partial charge in [0.25, 0.3) is 0 Å². The fourth-order valence-corrected chi connectivity index (χ4v) is 2.86. The zero-order valence-corrected chi connectivity index (χ0v) is 13.1. The Hall–Kier alpha value is -2.40. The average molecular weight is 313 g/mol. The summed E-state index contributed by atoms with van der Waals surface area (Å²) in [6, 6.07) is 5.67. The number of nitrogens with zero attached hydrogens (tertiary/aromatic N) is 1. The topological polar surface area (TPSA) is 57.7 Å². The molecule has 1 aromatic carbocycles. The minimum absolute atomic E-state index is 0.0977. The number of methoxy groups -OCH3 is 1. The van der Waals surface area contributed by atoms with Crippen LogP contribution < -0.4 is 9.47 Å². The van der Waals surface area contributed by atoms with Gasteiger partial charge in [-0.3, -0.25) is 9.78 Å². The summed E-state index contributed by atoms with van der Waals surface area (Å²) >= 11 is 0. The predicted molar refractivity (Wildman–Crippen MR) is 85.2 cm³/mol. The van der Waals surface area contributed by atoms with Gasteiger partial charge in [-0.1, -0.05) is 6.07 Å². The maximum Gasteiger partial charge on any atom is 0.188 e. The van der Waals surface area contributed by atoms with Crippen LogP contribution in [0.25, 0.3) is 0 Å². The van der Waals surface area contributed by atoms with Crippen LogP contribution in [0.2, 0.25) is 0 Å². The highest BCUT2D eigenvalue weighted by Crippen LogP contribution is 2.38. The molecule has 2 heterocycles. The smallest absolute Gasteiger partial charge is 0.188 e. The second kappa shape index (κ2) is 7.24. The Morgan fingerprint density at radius 2 is 2.35 bits per heavy atom. The Bertz CT molecular complexity index is 685. The van der Waals surface area contributed by atoms with Gasteiger partial charge >= 0.3 is 0 Å². The van der Waals surface area contributed by atoms with Crippen molar-refractivity contribution < 1.29 is 19.0 Å². The third-order valence-corrected chi connectivity index (χ3v) is 3.87. The molecule has 0 saturated carbocycles. The number of benzene rings is 1. The van der Waals surface area contributed by atoms with Gasteiger partial charge in [-0.15, -0.1) is 0 Å². The Morgan fingerprint density at radius 1 is 1.43 bits per heavy atom. The molecular formula is C18H19NO4. The van der Waals surface area contributed by atoms with Crippen LogP contribution in [0.15, 0.2) is 30.6 Å². The number of carbonyl (C=O) groups is 1. The molecule has 0 bridgehead atoms. The molecule has 0 aliphatic carbocycles. The van der Waals surface area contributed by atoms with Crippen LogP contribution in [0.1, 0.15) is 33.5 Å². The molecule has 0 fully saturated rings. The molecule has 0 radical (unpaired) electrons. The van der Waals surface area contributed by atoms with Gasteiger partial charge in [-0.05, 0) is 30.5 Å². The van der Waals surface area contributed by atoms with Gasteiger partial charge < -0.3 is 14.2 Å². The van der Waals surface area contributed by atoms with Crippen LogP contribution in [-0.4, -0.2) is 31.8 Å². The van der Waals surface area contributed by atoms with Crippen molar-refractivity contribution in [3.05, 3.63) is 52.8 Å². The first kappa shape index (κ1) is 15.5. The second-order valence-electron chi connectivity index (χ2n) is 5.41. The maximum atomic E-state index is 11.5. The number of carbonyl (C=O) groups excluding carboxylic acids is 1. The summed E-state index contributed by atoms with van der Waals surface area (Å²) < 4.78 is 16.5. The number of hydrogen-bond donors (Lipinski definition) is 0. The Balaban J connectivity index is 2.09. The summed E-state index contributed by atoms with van der Waals surface area (Å²) in [6.07, 6.45) is 6.87. The normalized spacial score (nSPS) is 13.1. The fraction of sp³-hybridized carbons (Fsp3) is 0.333. The molecule has 120 valence electrons. The van der Waals surface area contributed by atoms with E-state index in [1.165, 1.54) is 0 Å². The summed E-state index contributed by atoms with van der Waals surface area (Å²) in [5.41, 5.74) is 3.64. The first-order valence-corrected chi connectivity index (χ1v) is 7.61. The monoisotopic (exact) mass is 313 g/mol. The Labute approximate surface area is 135 Å². The van der Waals surface area contributed by atoms with E-state index in [1.807, 2.05) is 18.3 Å². The number of fused-ring (bicyclic) bond motifs is 1. The molecular weight excluding hydrogens is 294 g/mol. The minimum atomic E-state index is 0.0977. The van der Waals surface area contributed by atoms with Gasteiger partial charge in [0.1, 0.15) is 11.5 Å². The predicted octanol–water partition coefficient (Wildman–Crippen LogP) is 2.79. The number of aromatic nitrogens is 1. The maximum absolute atomic E-state index is 11.5. The molecule has 0 atom stereocenters. The largest absolute Gasteiger partial charge is 0.493 e. The number of ether oxygens (including phenoxy) is 3. The molecule has 5 nitrogen and oxygen atoms in total. The summed E-state index contributed by atoms with van der Waals surface area (Å²) in [6.45, 7) is 0.774. The van der Waals surface area contributed by atoms with Crippen LogP contribution in [0.3, 0.4) is 0 Å². The third kappa shape index (κ3) is 3.35. The summed E-state index contributed by atoms with van der Waals surface area (Å²) in [4.78, 5) is 15.7. The standard InChI is InChI=1S/C18H19NO4/c1-21-12-23-18-14(11-20)9-17-15(5-3-7-22-17)16(18)8-13-4-2-6-19-10-13/h2,4,6,9-11H,3,5,7-8,12H2,1H3. The van der Waals surface area contributed by atoms with Crippen LogP contribution in [0.5, 0.6) is 11.5 Å². The van der Waals surface area contributed by atoms with Crippen molar-refractivity contribution in [2.24, 2.45) is 0 Å². The fourth-order valence-electron chi connectivity index (χ4n) is 2.86. The van der Waals surface area contributed by atoms with Gasteiger partial charge in [0.2, 0.25) is 0 Å². The van der Waals surface area contributed by atoms with E-state index in [2.05, 4.69) is 4.98 Å². The lowest BCUT2D eigenvalue weighted by molar-refractivity contribution is 0.0497. The summed E-state index contributed by atoms with van der Waals surface area (Å²) in [7, 11) is 1.56. The molecule has 23 heavy (non-hydrogen) atoms. The molecule has 5 heteroatoms. The highest BCUT2D eigenvalue weighted by Gasteiger charge is 2.22. The Morgan fingerprint density at radius 3 is 3.09 bits per heavy atom. The SMILES string of the molecule is COCOc1c(C=O)cc2c(c1Cc1cccnc1)CCCO2. The van der Waals surface area contributed by atoms with Crippen LogP contribution >= 0.6 is 0 Å². The molecule has 3 rings (SSSR count). The van der Waals surface area contributed by atoms with Gasteiger partial charge in [0.15, 0.2) is 13.1 Å². The van der Waals surface area contributed by atoms with E-state index in [0.717, 1.165) is 41.6 Å². The molecule has 0 unspecified atom stereocenters. The molecule has 1 aliphatic rings. The number of pyridine rings is 1. The van der Waals surface area contributed by atoms with E-state index >= 15 is 0 Å². The number of hydrogen-bond acceptors (Lipinski definition) is 5. The van der Waals surface area contributed by atoms with E-state index in [0.29, 0.717) is 24.3 Å². The molecule has 0 N–H and O–H groups in total. The van der Waals surface area contributed by atoms with Crippen LogP contribution in [0, 0.1) is 0 Å². The van der Waals surface area contributed by atoms with Crippen LogP contribution in [0.4, 0.5) is 0 Å². The molecule has 1 aromatic heterocycles. The van der Waals surface area contributed by atoms with E-state index in [-0.39, 0.29) is 6.79 Å². The highest BCUT2D eigenvalue weighted by atomic mass is 16.7. The lowest BCUT2D eigenvalue weighted by atomic mass is 9.92. The summed E-state index contributed by atoms with van der Waals surface area (Å²) in [5, 5.41) is 0. The lowest BCUT2D eigenvalue weighted by Gasteiger charge is -2.24. The quantitative estimate of drug-likeness (QED) is 0.606. The van der Waals surface area contributed by atoms with Crippen LogP contribution in [-0.2, 0) is 17.6 Å². The van der Waals surface area contributed by atoms with Gasteiger partial charge in [0.05, 0.1) is 12.2 Å². The van der Waals surface area contributed by atoms with Crippen molar-refractivity contribution in [1.82, 2.24) is 4.98 Å². The van der Waals surface area contributed by atoms with Crippen molar-refractivity contribution in [2.75, 3.05) is 20.5 Å². The van der Waals surface area contributed by atoms with Gasteiger partial charge in [0, 0.05) is 37.1 Å². The molecule has 1 aliphatic heterocycles. The van der Waals surface area contributed by atoms with Crippen molar-refractivity contribution in [2.45, 2.75) is 19.3 Å². The second-order valence-corrected chi connectivity index (χ2v) is 5.41. The zero-order chi connectivity index (χ0) is 16.1. The van der Waals surface area contributed by atoms with E-state index in [4.69, 9.17) is 14.2 Å². The third-order valence-electron chi connectivity index (χ3n) is 3.87. The molecule has 2 aromatic rings. The number of rotatable bonds is 6. The van der Waals surface area contributed by atoms with Gasteiger partial charge in [-0.2, -0.15) is 0 Å². The number of aldehydes is 1. The van der Waals surface area contributed by atoms with E-state index < -0.39 is 0 Å². The van der Waals surface area contributed by atoms with Crippen molar-refractivity contribution in [1.29, 1.82) is 0 Å². The molecule has 0 amide bonds. The lowest BCUT2D eigenvalue weighted by Crippen LogP contribution is -2.14. The highest BCUT2D eigenvalue weighted by molar-refractivity contribution is 5.82. The van der Waals surface area contributed by atoms with E-state index in [1.54, 1.807) is 19.4 Å². The average Bonchev–Trinajstić information content (AvgIpc) is 2.61. The van der Waals surface area contributed by atoms with Gasteiger partial charge in [-0.25, -0.2) is 0 Å². The first-order chi connectivity index (χ1) is 11.3. The molecule has 0 saturated heterocycles. The van der Waals surface area contributed by atoms with Crippen molar-refractivity contribution in [3.63, 3.8) is 0 Å². The molecule has 0 spiro atoms.